The number of hydrogen-bond acceptors (Lipinski definition) is 3. The second kappa shape index (κ2) is 7.73. The fraction of sp³-hybridized carbons (Fsp3) is 0.647. The van der Waals surface area contributed by atoms with Gasteiger partial charge in [-0.2, -0.15) is 0 Å². The van der Waals surface area contributed by atoms with Gasteiger partial charge < -0.3 is 0 Å². The van der Waals surface area contributed by atoms with Gasteiger partial charge in [0.05, 0.1) is 5.75 Å². The number of sulfonamides is 1. The van der Waals surface area contributed by atoms with E-state index in [1.54, 1.807) is 23.4 Å². The van der Waals surface area contributed by atoms with Gasteiger partial charge in [-0.3, -0.25) is 4.90 Å². The standard InChI is InChI=1S/C17H27FN2O2S/c1-4-23(21,22)20-11-5-10-19(17(13-20)14(2)3)12-15-6-8-16(18)9-7-15/h6-9,14,17H,4-5,10-13H2,1-3H3/t17-/m0/s1. The molecule has 1 aromatic carbocycles. The van der Waals surface area contributed by atoms with Gasteiger partial charge in [0, 0.05) is 32.2 Å². The Kier molecular flexibility index (Phi) is 6.17. The molecular weight excluding hydrogens is 315 g/mol. The lowest BCUT2D eigenvalue weighted by atomic mass is 10.0. The number of nitrogens with zero attached hydrogens (tertiary/aromatic N) is 2. The van der Waals surface area contributed by atoms with E-state index in [1.807, 2.05) is 0 Å². The van der Waals surface area contributed by atoms with Crippen LogP contribution in [0.25, 0.3) is 0 Å². The van der Waals surface area contributed by atoms with Crippen molar-refractivity contribution in [3.8, 4) is 0 Å². The topological polar surface area (TPSA) is 40.6 Å². The molecule has 1 aromatic rings. The van der Waals surface area contributed by atoms with Crippen LogP contribution >= 0.6 is 0 Å². The summed E-state index contributed by atoms with van der Waals surface area (Å²) in [5.41, 5.74) is 1.06. The molecule has 1 atom stereocenters. The molecule has 0 radical (unpaired) electrons. The molecule has 1 heterocycles. The maximum atomic E-state index is 13.1. The maximum Gasteiger partial charge on any atom is 0.213 e. The highest BCUT2D eigenvalue weighted by Gasteiger charge is 2.31. The van der Waals surface area contributed by atoms with Crippen molar-refractivity contribution in [3.63, 3.8) is 0 Å². The van der Waals surface area contributed by atoms with Crippen LogP contribution in [0.15, 0.2) is 24.3 Å². The maximum absolute atomic E-state index is 13.1. The van der Waals surface area contributed by atoms with Crippen molar-refractivity contribution in [1.82, 2.24) is 9.21 Å². The van der Waals surface area contributed by atoms with Crippen LogP contribution in [0.1, 0.15) is 32.8 Å². The number of halogens is 1. The Morgan fingerprint density at radius 3 is 2.43 bits per heavy atom. The fourth-order valence-electron chi connectivity index (χ4n) is 3.12. The van der Waals surface area contributed by atoms with Crippen LogP contribution < -0.4 is 0 Å². The zero-order chi connectivity index (χ0) is 17.0. The van der Waals surface area contributed by atoms with Crippen molar-refractivity contribution < 1.29 is 12.8 Å². The number of rotatable bonds is 5. The Morgan fingerprint density at radius 2 is 1.87 bits per heavy atom. The van der Waals surface area contributed by atoms with Crippen LogP contribution in [0.2, 0.25) is 0 Å². The number of hydrogen-bond donors (Lipinski definition) is 0. The quantitative estimate of drug-likeness (QED) is 0.826. The summed E-state index contributed by atoms with van der Waals surface area (Å²) in [5, 5.41) is 0. The van der Waals surface area contributed by atoms with Crippen LogP contribution in [0.3, 0.4) is 0 Å². The lowest BCUT2D eigenvalue weighted by molar-refractivity contribution is 0.149. The lowest BCUT2D eigenvalue weighted by Gasteiger charge is -2.34. The van der Waals surface area contributed by atoms with Gasteiger partial charge in [-0.1, -0.05) is 26.0 Å². The molecule has 0 unspecified atom stereocenters. The van der Waals surface area contributed by atoms with Crippen molar-refractivity contribution in [2.24, 2.45) is 5.92 Å². The van der Waals surface area contributed by atoms with Gasteiger partial charge >= 0.3 is 0 Å². The molecular formula is C17H27FN2O2S. The highest BCUT2D eigenvalue weighted by molar-refractivity contribution is 7.89. The SMILES string of the molecule is CCS(=O)(=O)N1CCCN(Cc2ccc(F)cc2)[C@H](C(C)C)C1. The molecule has 130 valence electrons. The summed E-state index contributed by atoms with van der Waals surface area (Å²) >= 11 is 0. The first-order valence-corrected chi connectivity index (χ1v) is 9.90. The van der Waals surface area contributed by atoms with E-state index < -0.39 is 10.0 Å². The van der Waals surface area contributed by atoms with E-state index in [9.17, 15) is 12.8 Å². The Hall–Kier alpha value is -0.980. The fourth-order valence-corrected chi connectivity index (χ4v) is 4.27. The molecule has 2 rings (SSSR count). The lowest BCUT2D eigenvalue weighted by Crippen LogP contribution is -2.45. The first-order valence-electron chi connectivity index (χ1n) is 8.29. The smallest absolute Gasteiger partial charge is 0.213 e. The zero-order valence-electron chi connectivity index (χ0n) is 14.2. The van der Waals surface area contributed by atoms with Crippen molar-refractivity contribution in [3.05, 3.63) is 35.6 Å². The molecule has 1 fully saturated rings. The Labute approximate surface area is 139 Å². The molecule has 1 saturated heterocycles. The predicted octanol–water partition coefficient (Wildman–Crippen LogP) is 2.71. The third-order valence-electron chi connectivity index (χ3n) is 4.54. The van der Waals surface area contributed by atoms with Gasteiger partial charge in [-0.05, 0) is 37.0 Å². The molecule has 1 aliphatic heterocycles. The van der Waals surface area contributed by atoms with Crippen LogP contribution in [-0.2, 0) is 16.6 Å². The van der Waals surface area contributed by atoms with E-state index in [0.29, 0.717) is 19.0 Å². The van der Waals surface area contributed by atoms with Crippen molar-refractivity contribution in [1.29, 1.82) is 0 Å². The summed E-state index contributed by atoms with van der Waals surface area (Å²) in [4.78, 5) is 2.34. The summed E-state index contributed by atoms with van der Waals surface area (Å²) in [6, 6.07) is 6.73. The average Bonchev–Trinajstić information content (AvgIpc) is 2.72. The van der Waals surface area contributed by atoms with Gasteiger partial charge in [0.15, 0.2) is 0 Å². The Morgan fingerprint density at radius 1 is 1.22 bits per heavy atom. The van der Waals surface area contributed by atoms with Crippen LogP contribution in [-0.4, -0.2) is 49.1 Å². The van der Waals surface area contributed by atoms with E-state index >= 15 is 0 Å². The molecule has 0 saturated carbocycles. The van der Waals surface area contributed by atoms with Crippen molar-refractivity contribution in [2.45, 2.75) is 39.8 Å². The molecule has 0 amide bonds. The summed E-state index contributed by atoms with van der Waals surface area (Å²) in [6.45, 7) is 8.66. The molecule has 6 heteroatoms. The molecule has 0 bridgehead atoms. The molecule has 0 aromatic heterocycles. The van der Waals surface area contributed by atoms with E-state index in [-0.39, 0.29) is 17.6 Å². The highest BCUT2D eigenvalue weighted by atomic mass is 32.2. The Balaban J connectivity index is 2.17. The minimum absolute atomic E-state index is 0.149. The van der Waals surface area contributed by atoms with Gasteiger partial charge in [-0.15, -0.1) is 0 Å². The summed E-state index contributed by atoms with van der Waals surface area (Å²) in [6.07, 6.45) is 0.823. The van der Waals surface area contributed by atoms with E-state index in [0.717, 1.165) is 25.1 Å². The Bertz CT molecular complexity index is 602. The third kappa shape index (κ3) is 4.75. The van der Waals surface area contributed by atoms with Gasteiger partial charge in [0.2, 0.25) is 10.0 Å². The average molecular weight is 342 g/mol. The first kappa shape index (κ1) is 18.4. The van der Waals surface area contributed by atoms with E-state index in [1.165, 1.54) is 12.1 Å². The summed E-state index contributed by atoms with van der Waals surface area (Å²) in [7, 11) is -3.16. The monoisotopic (exact) mass is 342 g/mol. The molecule has 4 nitrogen and oxygen atoms in total. The van der Waals surface area contributed by atoms with E-state index in [4.69, 9.17) is 0 Å². The van der Waals surface area contributed by atoms with Crippen molar-refractivity contribution >= 4 is 10.0 Å². The first-order chi connectivity index (χ1) is 10.8. The predicted molar refractivity (Wildman–Crippen MR) is 91.1 cm³/mol. The van der Waals surface area contributed by atoms with Crippen LogP contribution in [0, 0.1) is 11.7 Å². The van der Waals surface area contributed by atoms with Crippen LogP contribution in [0.5, 0.6) is 0 Å². The molecule has 23 heavy (non-hydrogen) atoms. The molecule has 0 aliphatic carbocycles. The highest BCUT2D eigenvalue weighted by Crippen LogP contribution is 2.21. The van der Waals surface area contributed by atoms with Gasteiger partial charge in [0.1, 0.15) is 5.82 Å². The van der Waals surface area contributed by atoms with Crippen LogP contribution in [0.4, 0.5) is 4.39 Å². The third-order valence-corrected chi connectivity index (χ3v) is 6.39. The second-order valence-corrected chi connectivity index (χ2v) is 8.78. The minimum atomic E-state index is -3.16. The number of benzene rings is 1. The van der Waals surface area contributed by atoms with Crippen molar-refractivity contribution in [2.75, 3.05) is 25.4 Å². The summed E-state index contributed by atoms with van der Waals surface area (Å²) in [5.74, 6) is 0.267. The summed E-state index contributed by atoms with van der Waals surface area (Å²) < 4.78 is 39.2. The molecule has 0 spiro atoms. The normalized spacial score (nSPS) is 21.5. The van der Waals surface area contributed by atoms with Gasteiger partial charge in [-0.25, -0.2) is 17.1 Å². The second-order valence-electron chi connectivity index (χ2n) is 6.52. The largest absolute Gasteiger partial charge is 0.295 e. The molecule has 0 N–H and O–H groups in total. The molecule has 1 aliphatic rings. The van der Waals surface area contributed by atoms with Gasteiger partial charge in [0.25, 0.3) is 0 Å². The zero-order valence-corrected chi connectivity index (χ0v) is 15.0. The minimum Gasteiger partial charge on any atom is -0.295 e. The van der Waals surface area contributed by atoms with E-state index in [2.05, 4.69) is 18.7 Å².